The SMILES string of the molecule is CN=C(NCCCN1CCCCC1C)NCC(c1cccs1)N1CCOC(C)C1.I. The summed E-state index contributed by atoms with van der Waals surface area (Å²) in [5, 5.41) is 9.24. The predicted octanol–water partition coefficient (Wildman–Crippen LogP) is 3.56. The van der Waals surface area contributed by atoms with Crippen molar-refractivity contribution in [2.75, 3.05) is 52.9 Å². The van der Waals surface area contributed by atoms with Gasteiger partial charge in [0.1, 0.15) is 0 Å². The van der Waals surface area contributed by atoms with Gasteiger partial charge in [-0.3, -0.25) is 9.89 Å². The molecule has 3 rings (SSSR count). The lowest BCUT2D eigenvalue weighted by molar-refractivity contribution is -0.0334. The molecular weight excluding hydrogens is 509 g/mol. The standard InChI is InChI=1S/C22H39N5OS.HI/c1-18-8-4-5-11-26(18)12-7-10-24-22(23-3)25-16-20(21-9-6-15-29-21)27-13-14-28-19(2)17-27;/h6,9,15,18-20H,4-5,7-8,10-14,16-17H2,1-3H3,(H2,23,24,25);1H. The highest BCUT2D eigenvalue weighted by Gasteiger charge is 2.26. The van der Waals surface area contributed by atoms with Gasteiger partial charge in [-0.1, -0.05) is 12.5 Å². The van der Waals surface area contributed by atoms with Crippen LogP contribution in [-0.4, -0.2) is 80.8 Å². The van der Waals surface area contributed by atoms with Gasteiger partial charge >= 0.3 is 0 Å². The molecule has 0 aliphatic carbocycles. The van der Waals surface area contributed by atoms with Crippen molar-refractivity contribution in [3.63, 3.8) is 0 Å². The van der Waals surface area contributed by atoms with Crippen LogP contribution in [0.1, 0.15) is 50.4 Å². The molecule has 3 atom stereocenters. The first-order valence-electron chi connectivity index (χ1n) is 11.2. The first-order chi connectivity index (χ1) is 14.2. The number of hydrogen-bond acceptors (Lipinski definition) is 5. The highest BCUT2D eigenvalue weighted by molar-refractivity contribution is 14.0. The summed E-state index contributed by atoms with van der Waals surface area (Å²) >= 11 is 1.83. The average molecular weight is 550 g/mol. The van der Waals surface area contributed by atoms with Crippen LogP contribution in [0.4, 0.5) is 0 Å². The zero-order valence-electron chi connectivity index (χ0n) is 18.8. The molecule has 0 saturated carbocycles. The van der Waals surface area contributed by atoms with Crippen LogP contribution >= 0.6 is 35.3 Å². The number of piperidine rings is 1. The largest absolute Gasteiger partial charge is 0.376 e. The Morgan fingerprint density at radius 3 is 2.87 bits per heavy atom. The molecule has 2 aliphatic rings. The third-order valence-corrected chi connectivity index (χ3v) is 7.10. The summed E-state index contributed by atoms with van der Waals surface area (Å²) in [4.78, 5) is 11.0. The number of aliphatic imine (C=N–C) groups is 1. The number of guanidine groups is 1. The fraction of sp³-hybridized carbons (Fsp3) is 0.773. The second-order valence-corrected chi connectivity index (χ2v) is 9.30. The maximum atomic E-state index is 5.75. The van der Waals surface area contributed by atoms with Gasteiger partial charge in [0, 0.05) is 50.7 Å². The van der Waals surface area contributed by atoms with Crippen molar-refractivity contribution in [2.24, 2.45) is 4.99 Å². The minimum absolute atomic E-state index is 0. The second-order valence-electron chi connectivity index (χ2n) is 8.32. The molecule has 30 heavy (non-hydrogen) atoms. The average Bonchev–Trinajstić information content (AvgIpc) is 3.25. The first-order valence-corrected chi connectivity index (χ1v) is 12.1. The Bertz CT molecular complexity index is 615. The third kappa shape index (κ3) is 7.93. The zero-order chi connectivity index (χ0) is 20.5. The Hall–Kier alpha value is -0.420. The molecule has 172 valence electrons. The van der Waals surface area contributed by atoms with Gasteiger partial charge < -0.3 is 20.3 Å². The molecule has 0 aromatic carbocycles. The molecule has 2 saturated heterocycles. The lowest BCUT2D eigenvalue weighted by Gasteiger charge is -2.37. The van der Waals surface area contributed by atoms with Crippen LogP contribution in [0.15, 0.2) is 22.5 Å². The number of halogens is 1. The third-order valence-electron chi connectivity index (χ3n) is 6.13. The van der Waals surface area contributed by atoms with Gasteiger partial charge in [-0.2, -0.15) is 0 Å². The van der Waals surface area contributed by atoms with E-state index in [9.17, 15) is 0 Å². The Labute approximate surface area is 203 Å². The van der Waals surface area contributed by atoms with Gasteiger partial charge in [0.25, 0.3) is 0 Å². The molecule has 2 fully saturated rings. The Kier molecular flexibility index (Phi) is 12.0. The number of hydrogen-bond donors (Lipinski definition) is 2. The van der Waals surface area contributed by atoms with E-state index in [1.165, 1.54) is 37.2 Å². The quantitative estimate of drug-likeness (QED) is 0.225. The Balaban J connectivity index is 0.00000320. The predicted molar refractivity (Wildman–Crippen MR) is 138 cm³/mol. The monoisotopic (exact) mass is 549 g/mol. The van der Waals surface area contributed by atoms with E-state index in [4.69, 9.17) is 4.74 Å². The zero-order valence-corrected chi connectivity index (χ0v) is 22.0. The van der Waals surface area contributed by atoms with Gasteiger partial charge in [0.05, 0.1) is 18.8 Å². The minimum Gasteiger partial charge on any atom is -0.376 e. The Morgan fingerprint density at radius 1 is 1.30 bits per heavy atom. The van der Waals surface area contributed by atoms with Crippen LogP contribution in [0.2, 0.25) is 0 Å². The molecule has 3 unspecified atom stereocenters. The maximum Gasteiger partial charge on any atom is 0.191 e. The smallest absolute Gasteiger partial charge is 0.191 e. The minimum atomic E-state index is 0. The van der Waals surface area contributed by atoms with Crippen molar-refractivity contribution in [2.45, 2.75) is 57.7 Å². The number of nitrogens with zero attached hydrogens (tertiary/aromatic N) is 3. The van der Waals surface area contributed by atoms with E-state index in [2.05, 4.69) is 56.8 Å². The molecule has 0 bridgehead atoms. The molecule has 2 aliphatic heterocycles. The van der Waals surface area contributed by atoms with Gasteiger partial charge in [0.2, 0.25) is 0 Å². The number of nitrogens with one attached hydrogen (secondary N) is 2. The van der Waals surface area contributed by atoms with Crippen molar-refractivity contribution in [1.82, 2.24) is 20.4 Å². The molecule has 0 spiro atoms. The van der Waals surface area contributed by atoms with Crippen molar-refractivity contribution in [3.8, 4) is 0 Å². The number of rotatable bonds is 8. The fourth-order valence-electron chi connectivity index (χ4n) is 4.41. The van der Waals surface area contributed by atoms with Crippen molar-refractivity contribution >= 4 is 41.3 Å². The van der Waals surface area contributed by atoms with Crippen LogP contribution in [0, 0.1) is 0 Å². The van der Waals surface area contributed by atoms with Crippen LogP contribution in [-0.2, 0) is 4.74 Å². The summed E-state index contributed by atoms with van der Waals surface area (Å²) in [6.07, 6.45) is 5.53. The molecule has 3 heterocycles. The maximum absolute atomic E-state index is 5.75. The van der Waals surface area contributed by atoms with Gasteiger partial charge in [0.15, 0.2) is 5.96 Å². The van der Waals surface area contributed by atoms with E-state index >= 15 is 0 Å². The van der Waals surface area contributed by atoms with E-state index in [1.807, 2.05) is 18.4 Å². The van der Waals surface area contributed by atoms with Crippen molar-refractivity contribution < 1.29 is 4.74 Å². The lowest BCUT2D eigenvalue weighted by atomic mass is 10.0. The van der Waals surface area contributed by atoms with E-state index in [1.54, 1.807) is 0 Å². The number of thiophene rings is 1. The fourth-order valence-corrected chi connectivity index (χ4v) is 5.27. The summed E-state index contributed by atoms with van der Waals surface area (Å²) < 4.78 is 5.75. The van der Waals surface area contributed by atoms with E-state index in [-0.39, 0.29) is 24.0 Å². The highest BCUT2D eigenvalue weighted by atomic mass is 127. The summed E-state index contributed by atoms with van der Waals surface area (Å²) in [7, 11) is 1.86. The summed E-state index contributed by atoms with van der Waals surface area (Å²) in [6, 6.07) is 5.48. The van der Waals surface area contributed by atoms with Crippen molar-refractivity contribution in [1.29, 1.82) is 0 Å². The van der Waals surface area contributed by atoms with Crippen LogP contribution in [0.3, 0.4) is 0 Å². The van der Waals surface area contributed by atoms with Crippen molar-refractivity contribution in [3.05, 3.63) is 22.4 Å². The molecule has 6 nitrogen and oxygen atoms in total. The normalized spacial score (nSPS) is 24.8. The second kappa shape index (κ2) is 13.9. The molecule has 0 amide bonds. The van der Waals surface area contributed by atoms with E-state index in [0.29, 0.717) is 12.1 Å². The molecule has 8 heteroatoms. The van der Waals surface area contributed by atoms with Gasteiger partial charge in [-0.25, -0.2) is 0 Å². The molecular formula is C22H40IN5OS. The summed E-state index contributed by atoms with van der Waals surface area (Å²) in [5.74, 6) is 0.902. The van der Waals surface area contributed by atoms with Gasteiger partial charge in [-0.15, -0.1) is 35.3 Å². The van der Waals surface area contributed by atoms with E-state index in [0.717, 1.165) is 51.2 Å². The van der Waals surface area contributed by atoms with Crippen LogP contribution in [0.5, 0.6) is 0 Å². The number of likely N-dealkylation sites (tertiary alicyclic amines) is 1. The van der Waals surface area contributed by atoms with Crippen LogP contribution < -0.4 is 10.6 Å². The van der Waals surface area contributed by atoms with Gasteiger partial charge in [-0.05, 0) is 51.1 Å². The lowest BCUT2D eigenvalue weighted by Crippen LogP contribution is -2.48. The van der Waals surface area contributed by atoms with Crippen LogP contribution in [0.25, 0.3) is 0 Å². The molecule has 1 aromatic rings. The Morgan fingerprint density at radius 2 is 2.17 bits per heavy atom. The molecule has 2 N–H and O–H groups in total. The summed E-state index contributed by atoms with van der Waals surface area (Å²) in [6.45, 7) is 11.5. The first kappa shape index (κ1) is 25.8. The number of ether oxygens (including phenoxy) is 1. The highest BCUT2D eigenvalue weighted by Crippen LogP contribution is 2.26. The molecule has 0 radical (unpaired) electrons. The molecule has 1 aromatic heterocycles. The van der Waals surface area contributed by atoms with E-state index < -0.39 is 0 Å². The summed E-state index contributed by atoms with van der Waals surface area (Å²) in [5.41, 5.74) is 0. The topological polar surface area (TPSA) is 52.1 Å². The number of morpholine rings is 1.